The molecule has 0 unspecified atom stereocenters. The highest BCUT2D eigenvalue weighted by Crippen LogP contribution is 2.32. The van der Waals surface area contributed by atoms with Crippen molar-refractivity contribution in [3.05, 3.63) is 63.1 Å². The molecule has 1 aliphatic rings. The summed E-state index contributed by atoms with van der Waals surface area (Å²) in [6.07, 6.45) is 4.57. The van der Waals surface area contributed by atoms with Gasteiger partial charge in [0.05, 0.1) is 10.0 Å². The van der Waals surface area contributed by atoms with E-state index in [1.165, 1.54) is 11.1 Å². The van der Waals surface area contributed by atoms with Gasteiger partial charge in [0.25, 0.3) is 5.91 Å². The van der Waals surface area contributed by atoms with Gasteiger partial charge in [-0.1, -0.05) is 35.3 Å². The number of carboxylic acid groups (broad SMARTS) is 1. The number of rotatable bonds is 6. The third-order valence-electron chi connectivity index (χ3n) is 4.85. The van der Waals surface area contributed by atoms with Crippen LogP contribution < -0.4 is 4.90 Å². The summed E-state index contributed by atoms with van der Waals surface area (Å²) >= 11 is 12.1. The van der Waals surface area contributed by atoms with Crippen LogP contribution in [0.15, 0.2) is 36.4 Å². The summed E-state index contributed by atoms with van der Waals surface area (Å²) < 4.78 is 0. The second-order valence-corrected chi connectivity index (χ2v) is 7.52. The predicted molar refractivity (Wildman–Crippen MR) is 108 cm³/mol. The minimum Gasteiger partial charge on any atom is -0.481 e. The van der Waals surface area contributed by atoms with Crippen molar-refractivity contribution in [3.8, 4) is 0 Å². The number of carboxylic acids is 1. The summed E-state index contributed by atoms with van der Waals surface area (Å²) in [6, 6.07) is 10.8. The van der Waals surface area contributed by atoms with Gasteiger partial charge in [-0.25, -0.2) is 0 Å². The average molecular weight is 406 g/mol. The van der Waals surface area contributed by atoms with Gasteiger partial charge < -0.3 is 10.0 Å². The molecule has 0 heterocycles. The van der Waals surface area contributed by atoms with Gasteiger partial charge in [0, 0.05) is 24.2 Å². The van der Waals surface area contributed by atoms with Crippen molar-refractivity contribution in [3.63, 3.8) is 0 Å². The number of hydrogen-bond acceptors (Lipinski definition) is 2. The van der Waals surface area contributed by atoms with E-state index in [4.69, 9.17) is 28.3 Å². The van der Waals surface area contributed by atoms with Crippen LogP contribution >= 0.6 is 23.2 Å². The van der Waals surface area contributed by atoms with E-state index in [0.717, 1.165) is 31.4 Å². The van der Waals surface area contributed by atoms with Crippen molar-refractivity contribution in [1.29, 1.82) is 0 Å². The Hall–Kier alpha value is -2.04. The van der Waals surface area contributed by atoms with Crippen molar-refractivity contribution in [2.45, 2.75) is 38.5 Å². The Balaban J connectivity index is 1.97. The van der Waals surface area contributed by atoms with E-state index in [0.29, 0.717) is 28.6 Å². The third-order valence-corrected chi connectivity index (χ3v) is 5.59. The summed E-state index contributed by atoms with van der Waals surface area (Å²) in [5.41, 5.74) is 3.76. The zero-order valence-electron chi connectivity index (χ0n) is 14.9. The van der Waals surface area contributed by atoms with Crippen LogP contribution in [0, 0.1) is 0 Å². The maximum absolute atomic E-state index is 13.2. The molecule has 6 heteroatoms. The first-order chi connectivity index (χ1) is 13.0. The molecule has 0 radical (unpaired) electrons. The van der Waals surface area contributed by atoms with Gasteiger partial charge in [-0.2, -0.15) is 0 Å². The predicted octanol–water partition coefficient (Wildman–Crippen LogP) is 5.38. The number of benzene rings is 2. The Bertz CT molecular complexity index is 867. The number of aliphatic carboxylic acids is 1. The van der Waals surface area contributed by atoms with Gasteiger partial charge in [0.2, 0.25) is 0 Å². The Kier molecular flexibility index (Phi) is 6.40. The van der Waals surface area contributed by atoms with E-state index in [2.05, 4.69) is 6.07 Å². The molecule has 0 fully saturated rings. The molecule has 2 aromatic rings. The summed E-state index contributed by atoms with van der Waals surface area (Å²) in [5.74, 6) is -1.06. The molecule has 142 valence electrons. The molecule has 0 saturated carbocycles. The number of amides is 1. The molecule has 4 nitrogen and oxygen atoms in total. The molecule has 1 N–H and O–H groups in total. The molecule has 0 aliphatic heterocycles. The van der Waals surface area contributed by atoms with Crippen LogP contribution in [0.5, 0.6) is 0 Å². The minimum atomic E-state index is -0.868. The molecule has 2 aromatic carbocycles. The summed E-state index contributed by atoms with van der Waals surface area (Å²) in [5, 5.41) is 9.69. The van der Waals surface area contributed by atoms with E-state index >= 15 is 0 Å². The lowest BCUT2D eigenvalue weighted by molar-refractivity contribution is -0.137. The largest absolute Gasteiger partial charge is 0.481 e. The first-order valence-electron chi connectivity index (χ1n) is 9.07. The highest BCUT2D eigenvalue weighted by atomic mass is 35.5. The molecule has 0 aromatic heterocycles. The van der Waals surface area contributed by atoms with Crippen LogP contribution in [0.4, 0.5) is 5.69 Å². The van der Waals surface area contributed by atoms with Gasteiger partial charge in [0.1, 0.15) is 0 Å². The quantitative estimate of drug-likeness (QED) is 0.701. The Labute approximate surface area is 168 Å². The van der Waals surface area contributed by atoms with E-state index < -0.39 is 5.97 Å². The zero-order valence-corrected chi connectivity index (χ0v) is 16.4. The van der Waals surface area contributed by atoms with Gasteiger partial charge >= 0.3 is 5.97 Å². The molecule has 3 rings (SSSR count). The number of nitrogens with zero attached hydrogens (tertiary/aromatic N) is 1. The maximum Gasteiger partial charge on any atom is 0.303 e. The lowest BCUT2D eigenvalue weighted by Crippen LogP contribution is -2.33. The first kappa shape index (κ1) is 19.7. The second kappa shape index (κ2) is 8.77. The standard InChI is InChI=1S/C21H21Cl2NO3/c22-17-11-10-15(13-18(17)23)21(27)24(12-4-9-20(25)26)19-8-3-6-14-5-1-2-7-16(14)19/h3,6,8,10-11,13H,1-2,4-5,7,9,12H2,(H,25,26). The van der Waals surface area contributed by atoms with E-state index in [-0.39, 0.29) is 12.3 Å². The molecule has 27 heavy (non-hydrogen) atoms. The van der Waals surface area contributed by atoms with E-state index in [9.17, 15) is 9.59 Å². The molecule has 0 saturated heterocycles. The second-order valence-electron chi connectivity index (χ2n) is 6.70. The van der Waals surface area contributed by atoms with Crippen molar-refractivity contribution in [2.75, 3.05) is 11.4 Å². The fourth-order valence-corrected chi connectivity index (χ4v) is 3.82. The minimum absolute atomic E-state index is 0.0141. The lowest BCUT2D eigenvalue weighted by Gasteiger charge is -2.28. The van der Waals surface area contributed by atoms with E-state index in [1.54, 1.807) is 23.1 Å². The van der Waals surface area contributed by atoms with Crippen molar-refractivity contribution in [2.24, 2.45) is 0 Å². The lowest BCUT2D eigenvalue weighted by atomic mass is 9.90. The van der Waals surface area contributed by atoms with Gasteiger partial charge in [-0.05, 0) is 67.5 Å². The molecular weight excluding hydrogens is 385 g/mol. The highest BCUT2D eigenvalue weighted by molar-refractivity contribution is 6.42. The Morgan fingerprint density at radius 3 is 2.56 bits per heavy atom. The Morgan fingerprint density at radius 2 is 1.81 bits per heavy atom. The molecule has 1 amide bonds. The fraction of sp³-hybridized carbons (Fsp3) is 0.333. The average Bonchev–Trinajstić information content (AvgIpc) is 2.66. The van der Waals surface area contributed by atoms with Crippen LogP contribution in [0.25, 0.3) is 0 Å². The zero-order chi connectivity index (χ0) is 19.4. The molecule has 0 bridgehead atoms. The topological polar surface area (TPSA) is 57.6 Å². The number of carbonyl (C=O) groups is 2. The summed E-state index contributed by atoms with van der Waals surface area (Å²) in [4.78, 5) is 25.9. The van der Waals surface area contributed by atoms with Crippen LogP contribution in [0.2, 0.25) is 10.0 Å². The molecule has 0 atom stereocenters. The van der Waals surface area contributed by atoms with Crippen LogP contribution in [0.1, 0.15) is 47.2 Å². The normalized spacial score (nSPS) is 13.1. The first-order valence-corrected chi connectivity index (χ1v) is 9.82. The maximum atomic E-state index is 13.2. The van der Waals surface area contributed by atoms with Crippen molar-refractivity contribution in [1.82, 2.24) is 0 Å². The van der Waals surface area contributed by atoms with Gasteiger partial charge in [0.15, 0.2) is 0 Å². The number of aryl methyl sites for hydroxylation is 1. The SMILES string of the molecule is O=C(O)CCCN(C(=O)c1ccc(Cl)c(Cl)c1)c1cccc2c1CCCC2. The smallest absolute Gasteiger partial charge is 0.303 e. The third kappa shape index (κ3) is 4.63. The van der Waals surface area contributed by atoms with Crippen molar-refractivity contribution >= 4 is 40.8 Å². The van der Waals surface area contributed by atoms with Crippen LogP contribution in [-0.2, 0) is 17.6 Å². The van der Waals surface area contributed by atoms with Crippen molar-refractivity contribution < 1.29 is 14.7 Å². The number of hydrogen-bond donors (Lipinski definition) is 1. The van der Waals surface area contributed by atoms with Crippen LogP contribution in [-0.4, -0.2) is 23.5 Å². The number of fused-ring (bicyclic) bond motifs is 1. The number of anilines is 1. The monoisotopic (exact) mass is 405 g/mol. The molecular formula is C21H21Cl2NO3. The van der Waals surface area contributed by atoms with Crippen LogP contribution in [0.3, 0.4) is 0 Å². The van der Waals surface area contributed by atoms with E-state index in [1.807, 2.05) is 12.1 Å². The summed E-state index contributed by atoms with van der Waals surface area (Å²) in [7, 11) is 0. The van der Waals surface area contributed by atoms with Gasteiger partial charge in [-0.3, -0.25) is 9.59 Å². The number of carbonyl (C=O) groups excluding carboxylic acids is 1. The van der Waals surface area contributed by atoms with Gasteiger partial charge in [-0.15, -0.1) is 0 Å². The summed E-state index contributed by atoms with van der Waals surface area (Å²) in [6.45, 7) is 0.335. The fourth-order valence-electron chi connectivity index (χ4n) is 3.52. The molecule has 1 aliphatic carbocycles. The highest BCUT2D eigenvalue weighted by Gasteiger charge is 2.23. The Morgan fingerprint density at radius 1 is 1.04 bits per heavy atom. The number of halogens is 2. The molecule has 0 spiro atoms.